The maximum Gasteiger partial charge on any atom is 0.00394 e. The van der Waals surface area contributed by atoms with E-state index in [1.807, 2.05) is 0 Å². The highest BCUT2D eigenvalue weighted by Crippen LogP contribution is 2.09. The van der Waals surface area contributed by atoms with Crippen molar-refractivity contribution >= 4 is 12.6 Å². The molecule has 0 fully saturated rings. The molecule has 0 aromatic heterocycles. The number of rotatable bonds is 4. The van der Waals surface area contributed by atoms with E-state index in [4.69, 9.17) is 12.6 Å². The third-order valence-corrected chi connectivity index (χ3v) is 1.63. The van der Waals surface area contributed by atoms with Gasteiger partial charge in [-0.25, -0.2) is 0 Å². The van der Waals surface area contributed by atoms with E-state index in [2.05, 4.69) is 13.8 Å². The zero-order valence-corrected chi connectivity index (χ0v) is 6.63. The second-order valence-electron chi connectivity index (χ2n) is 2.39. The van der Waals surface area contributed by atoms with Crippen molar-refractivity contribution in [2.45, 2.75) is 33.1 Å². The van der Waals surface area contributed by atoms with Gasteiger partial charge in [0.05, 0.1) is 0 Å². The molecule has 0 aromatic rings. The molecule has 1 unspecified atom stereocenters. The summed E-state index contributed by atoms with van der Waals surface area (Å²) in [7, 11) is 0. The van der Waals surface area contributed by atoms with Crippen LogP contribution in [0.15, 0.2) is 0 Å². The Kier molecular flexibility index (Phi) is 5.73. The highest BCUT2D eigenvalue weighted by molar-refractivity contribution is 7.80. The van der Waals surface area contributed by atoms with Crippen molar-refractivity contribution in [3.63, 3.8) is 0 Å². The van der Waals surface area contributed by atoms with Crippen LogP contribution in [-0.4, -0.2) is 5.75 Å². The summed E-state index contributed by atoms with van der Waals surface area (Å²) in [5.41, 5.74) is 0. The van der Waals surface area contributed by atoms with Crippen LogP contribution in [0.5, 0.6) is 0 Å². The maximum absolute atomic E-state index is 4.84. The molecule has 1 radical (unpaired) electrons. The first-order chi connectivity index (χ1) is 3.81. The summed E-state index contributed by atoms with van der Waals surface area (Å²) in [4.78, 5) is 0. The SMILES string of the molecule is CCCC(C)CC[S]. The molecular weight excluding hydrogens is 116 g/mol. The fraction of sp³-hybridized carbons (Fsp3) is 1.00. The summed E-state index contributed by atoms with van der Waals surface area (Å²) in [6, 6.07) is 0. The molecule has 0 amide bonds. The summed E-state index contributed by atoms with van der Waals surface area (Å²) in [6.07, 6.45) is 3.87. The lowest BCUT2D eigenvalue weighted by Crippen LogP contribution is -1.93. The molecule has 8 heavy (non-hydrogen) atoms. The lowest BCUT2D eigenvalue weighted by Gasteiger charge is -2.04. The van der Waals surface area contributed by atoms with Crippen LogP contribution in [0.3, 0.4) is 0 Å². The molecule has 0 aliphatic heterocycles. The molecule has 0 heterocycles. The number of hydrogen-bond donors (Lipinski definition) is 0. The van der Waals surface area contributed by atoms with Gasteiger partial charge in [0.1, 0.15) is 0 Å². The van der Waals surface area contributed by atoms with Crippen molar-refractivity contribution in [1.29, 1.82) is 0 Å². The van der Waals surface area contributed by atoms with E-state index >= 15 is 0 Å². The third kappa shape index (κ3) is 4.51. The lowest BCUT2D eigenvalue weighted by atomic mass is 10.0. The van der Waals surface area contributed by atoms with Crippen molar-refractivity contribution in [1.82, 2.24) is 0 Å². The van der Waals surface area contributed by atoms with Crippen molar-refractivity contribution < 1.29 is 0 Å². The summed E-state index contributed by atoms with van der Waals surface area (Å²) in [5, 5.41) is 0. The summed E-state index contributed by atoms with van der Waals surface area (Å²) in [5.74, 6) is 1.79. The van der Waals surface area contributed by atoms with Crippen molar-refractivity contribution in [2.75, 3.05) is 5.75 Å². The van der Waals surface area contributed by atoms with E-state index in [1.165, 1.54) is 19.3 Å². The first-order valence-electron chi connectivity index (χ1n) is 3.39. The van der Waals surface area contributed by atoms with Gasteiger partial charge in [-0.2, -0.15) is 0 Å². The molecule has 1 atom stereocenters. The van der Waals surface area contributed by atoms with Gasteiger partial charge >= 0.3 is 0 Å². The summed E-state index contributed by atoms with van der Waals surface area (Å²) < 4.78 is 0. The van der Waals surface area contributed by atoms with Crippen LogP contribution in [0, 0.1) is 5.92 Å². The maximum atomic E-state index is 4.84. The van der Waals surface area contributed by atoms with Crippen LogP contribution in [0.4, 0.5) is 0 Å². The van der Waals surface area contributed by atoms with E-state index in [1.54, 1.807) is 0 Å². The highest BCUT2D eigenvalue weighted by Gasteiger charge is 1.96. The zero-order chi connectivity index (χ0) is 6.41. The van der Waals surface area contributed by atoms with Gasteiger partial charge in [0, 0.05) is 5.75 Å². The Balaban J connectivity index is 2.92. The van der Waals surface area contributed by atoms with E-state index in [0.29, 0.717) is 0 Å². The third-order valence-electron chi connectivity index (χ3n) is 1.39. The van der Waals surface area contributed by atoms with Crippen LogP contribution in [0.25, 0.3) is 0 Å². The largest absolute Gasteiger partial charge is 0.0941 e. The van der Waals surface area contributed by atoms with Crippen molar-refractivity contribution in [3.05, 3.63) is 0 Å². The summed E-state index contributed by atoms with van der Waals surface area (Å²) >= 11 is 4.84. The molecule has 0 aliphatic carbocycles. The minimum Gasteiger partial charge on any atom is -0.0941 e. The fourth-order valence-electron chi connectivity index (χ4n) is 0.838. The first kappa shape index (κ1) is 8.35. The monoisotopic (exact) mass is 131 g/mol. The quantitative estimate of drug-likeness (QED) is 0.550. The molecule has 0 N–H and O–H groups in total. The standard InChI is InChI=1S/C7H15S/c1-3-4-7(2)5-6-8/h7H,3-6H2,1-2H3. The van der Waals surface area contributed by atoms with Crippen molar-refractivity contribution in [3.8, 4) is 0 Å². The molecule has 0 spiro atoms. The molecule has 49 valence electrons. The lowest BCUT2D eigenvalue weighted by molar-refractivity contribution is 0.513. The normalized spacial score (nSPS) is 13.9. The second kappa shape index (κ2) is 5.49. The Morgan fingerprint density at radius 2 is 2.00 bits per heavy atom. The Morgan fingerprint density at radius 1 is 1.38 bits per heavy atom. The van der Waals surface area contributed by atoms with E-state index in [-0.39, 0.29) is 0 Å². The molecular formula is C7H15S. The Morgan fingerprint density at radius 3 is 2.38 bits per heavy atom. The topological polar surface area (TPSA) is 0 Å². The van der Waals surface area contributed by atoms with Crippen molar-refractivity contribution in [2.24, 2.45) is 5.92 Å². The predicted octanol–water partition coefficient (Wildman–Crippen LogP) is 3.01. The fourth-order valence-corrected chi connectivity index (χ4v) is 1.24. The minimum atomic E-state index is 0.859. The summed E-state index contributed by atoms with van der Waals surface area (Å²) in [6.45, 7) is 4.50. The average Bonchev–Trinajstić information content (AvgIpc) is 1.68. The zero-order valence-electron chi connectivity index (χ0n) is 5.81. The molecule has 0 rings (SSSR count). The molecule has 0 aliphatic rings. The number of hydrogen-bond acceptors (Lipinski definition) is 0. The van der Waals surface area contributed by atoms with Gasteiger partial charge in [-0.05, 0) is 12.3 Å². The van der Waals surface area contributed by atoms with Gasteiger partial charge in [-0.1, -0.05) is 39.3 Å². The van der Waals surface area contributed by atoms with Crippen LogP contribution in [-0.2, 0) is 0 Å². The first-order valence-corrected chi connectivity index (χ1v) is 3.97. The van der Waals surface area contributed by atoms with Crippen LogP contribution in [0.2, 0.25) is 0 Å². The van der Waals surface area contributed by atoms with Gasteiger partial charge in [0.25, 0.3) is 0 Å². The van der Waals surface area contributed by atoms with Crippen LogP contribution >= 0.6 is 12.6 Å². The minimum absolute atomic E-state index is 0.859. The average molecular weight is 131 g/mol. The Hall–Kier alpha value is 0.350. The van der Waals surface area contributed by atoms with Gasteiger partial charge in [-0.3, -0.25) is 0 Å². The van der Waals surface area contributed by atoms with E-state index < -0.39 is 0 Å². The van der Waals surface area contributed by atoms with Gasteiger partial charge in [-0.15, -0.1) is 0 Å². The Labute approximate surface area is 58.1 Å². The molecule has 0 saturated carbocycles. The van der Waals surface area contributed by atoms with E-state index in [0.717, 1.165) is 11.7 Å². The predicted molar refractivity (Wildman–Crippen MR) is 41.1 cm³/mol. The van der Waals surface area contributed by atoms with E-state index in [9.17, 15) is 0 Å². The van der Waals surface area contributed by atoms with Gasteiger partial charge < -0.3 is 0 Å². The molecule has 0 nitrogen and oxygen atoms in total. The van der Waals surface area contributed by atoms with Crippen LogP contribution in [0.1, 0.15) is 33.1 Å². The highest BCUT2D eigenvalue weighted by atomic mass is 32.1. The Bertz CT molecular complexity index is 37.7. The van der Waals surface area contributed by atoms with Gasteiger partial charge in [0.15, 0.2) is 0 Å². The van der Waals surface area contributed by atoms with Gasteiger partial charge in [0.2, 0.25) is 0 Å². The molecule has 0 bridgehead atoms. The smallest absolute Gasteiger partial charge is 0.00394 e. The second-order valence-corrected chi connectivity index (χ2v) is 2.79. The molecule has 0 aromatic carbocycles. The van der Waals surface area contributed by atoms with Crippen LogP contribution < -0.4 is 0 Å². The molecule has 1 heteroatoms. The molecule has 0 saturated heterocycles.